The zero-order valence-corrected chi connectivity index (χ0v) is 12.0. The number of nitrogens with two attached hydrogens (primary N) is 1. The fourth-order valence-corrected chi connectivity index (χ4v) is 2.77. The minimum Gasteiger partial charge on any atom is -0.496 e. The summed E-state index contributed by atoms with van der Waals surface area (Å²) in [6.07, 6.45) is 0. The maximum Gasteiger partial charge on any atom is 0.123 e. The van der Waals surface area contributed by atoms with Crippen LogP contribution in [0.2, 0.25) is 0 Å². The largest absolute Gasteiger partial charge is 0.496 e. The maximum absolute atomic E-state index is 5.61. The van der Waals surface area contributed by atoms with E-state index in [0.717, 1.165) is 45.0 Å². The third-order valence-electron chi connectivity index (χ3n) is 3.99. The number of rotatable bonds is 5. The monoisotopic (exact) mass is 263 g/mol. The van der Waals surface area contributed by atoms with Crippen molar-refractivity contribution in [1.29, 1.82) is 0 Å². The zero-order chi connectivity index (χ0) is 13.7. The Morgan fingerprint density at radius 3 is 2.53 bits per heavy atom. The van der Waals surface area contributed by atoms with Crippen LogP contribution in [0.3, 0.4) is 0 Å². The number of methoxy groups -OCH3 is 1. The highest BCUT2D eigenvalue weighted by molar-refractivity contribution is 5.35. The van der Waals surface area contributed by atoms with Gasteiger partial charge in [0.1, 0.15) is 5.75 Å². The van der Waals surface area contributed by atoms with Gasteiger partial charge in [-0.1, -0.05) is 18.2 Å². The molecule has 4 nitrogen and oxygen atoms in total. The molecule has 1 fully saturated rings. The molecule has 1 heterocycles. The van der Waals surface area contributed by atoms with Gasteiger partial charge in [0.2, 0.25) is 0 Å². The number of ether oxygens (including phenoxy) is 1. The van der Waals surface area contributed by atoms with Crippen molar-refractivity contribution in [3.8, 4) is 5.75 Å². The zero-order valence-electron chi connectivity index (χ0n) is 12.0. The minimum atomic E-state index is 0.399. The van der Waals surface area contributed by atoms with Crippen LogP contribution < -0.4 is 10.5 Å². The number of para-hydroxylation sites is 1. The summed E-state index contributed by atoms with van der Waals surface area (Å²) in [5.41, 5.74) is 6.89. The van der Waals surface area contributed by atoms with Crippen molar-refractivity contribution in [3.63, 3.8) is 0 Å². The van der Waals surface area contributed by atoms with Crippen LogP contribution >= 0.6 is 0 Å². The minimum absolute atomic E-state index is 0.399. The van der Waals surface area contributed by atoms with Gasteiger partial charge in [-0.05, 0) is 13.0 Å². The van der Waals surface area contributed by atoms with Gasteiger partial charge in [0, 0.05) is 50.9 Å². The Bertz CT molecular complexity index is 389. The molecule has 1 aromatic carbocycles. The van der Waals surface area contributed by atoms with E-state index < -0.39 is 0 Å². The highest BCUT2D eigenvalue weighted by Gasteiger charge is 2.23. The number of nitrogens with zero attached hydrogens (tertiary/aromatic N) is 2. The number of hydrogen-bond acceptors (Lipinski definition) is 4. The Hall–Kier alpha value is -1.10. The molecule has 2 N–H and O–H groups in total. The van der Waals surface area contributed by atoms with Crippen LogP contribution in [0, 0.1) is 0 Å². The predicted octanol–water partition coefficient (Wildman–Crippen LogP) is 1.33. The van der Waals surface area contributed by atoms with Crippen LogP contribution in [0.1, 0.15) is 18.5 Å². The molecule has 19 heavy (non-hydrogen) atoms. The van der Waals surface area contributed by atoms with Crippen LogP contribution in [-0.2, 0) is 0 Å². The molecule has 4 heteroatoms. The van der Waals surface area contributed by atoms with Gasteiger partial charge in [-0.3, -0.25) is 9.80 Å². The fraction of sp³-hybridized carbons (Fsp3) is 0.600. The summed E-state index contributed by atoms with van der Waals surface area (Å²) in [7, 11) is 1.74. The lowest BCUT2D eigenvalue weighted by molar-refractivity contribution is 0.103. The molecule has 1 aromatic rings. The van der Waals surface area contributed by atoms with Crippen LogP contribution in [-0.4, -0.2) is 56.2 Å². The van der Waals surface area contributed by atoms with E-state index in [9.17, 15) is 0 Å². The second kappa shape index (κ2) is 6.89. The van der Waals surface area contributed by atoms with Crippen molar-refractivity contribution in [2.24, 2.45) is 5.73 Å². The summed E-state index contributed by atoms with van der Waals surface area (Å²) in [5, 5.41) is 0. The van der Waals surface area contributed by atoms with E-state index in [2.05, 4.69) is 28.9 Å². The Labute approximate surface area is 116 Å². The molecule has 1 aliphatic heterocycles. The molecule has 106 valence electrons. The molecule has 0 aliphatic carbocycles. The van der Waals surface area contributed by atoms with Gasteiger partial charge in [-0.2, -0.15) is 0 Å². The second-order valence-corrected chi connectivity index (χ2v) is 5.08. The lowest BCUT2D eigenvalue weighted by Gasteiger charge is -2.38. The quantitative estimate of drug-likeness (QED) is 0.870. The van der Waals surface area contributed by atoms with Crippen LogP contribution in [0.25, 0.3) is 0 Å². The molecule has 2 rings (SSSR count). The van der Waals surface area contributed by atoms with E-state index in [1.165, 1.54) is 5.56 Å². The van der Waals surface area contributed by atoms with Gasteiger partial charge >= 0.3 is 0 Å². The molecule has 0 amide bonds. The third kappa shape index (κ3) is 3.47. The van der Waals surface area contributed by atoms with Crippen molar-refractivity contribution in [2.75, 3.05) is 46.4 Å². The van der Waals surface area contributed by atoms with Crippen molar-refractivity contribution in [3.05, 3.63) is 29.8 Å². The lowest BCUT2D eigenvalue weighted by Crippen LogP contribution is -2.48. The SMILES string of the molecule is COc1ccccc1C(C)N1CCN(CCN)CC1. The summed E-state index contributed by atoms with van der Waals surface area (Å²) in [6, 6.07) is 8.70. The topological polar surface area (TPSA) is 41.7 Å². The molecule has 0 radical (unpaired) electrons. The van der Waals surface area contributed by atoms with Crippen molar-refractivity contribution >= 4 is 0 Å². The number of piperazine rings is 1. The Morgan fingerprint density at radius 2 is 1.89 bits per heavy atom. The Morgan fingerprint density at radius 1 is 1.21 bits per heavy atom. The summed E-state index contributed by atoms with van der Waals surface area (Å²) in [6.45, 7) is 8.43. The van der Waals surface area contributed by atoms with E-state index in [1.54, 1.807) is 7.11 Å². The average Bonchev–Trinajstić information content (AvgIpc) is 2.47. The standard InChI is InChI=1S/C15H25N3O/c1-13(14-5-3-4-6-15(14)19-2)18-11-9-17(8-7-16)10-12-18/h3-6,13H,7-12,16H2,1-2H3. The van der Waals surface area contributed by atoms with Crippen molar-refractivity contribution in [1.82, 2.24) is 9.80 Å². The second-order valence-electron chi connectivity index (χ2n) is 5.08. The first-order valence-corrected chi connectivity index (χ1v) is 7.05. The Balaban J connectivity index is 1.99. The van der Waals surface area contributed by atoms with Crippen LogP contribution in [0.5, 0.6) is 5.75 Å². The van der Waals surface area contributed by atoms with E-state index in [-0.39, 0.29) is 0 Å². The molecule has 0 saturated carbocycles. The highest BCUT2D eigenvalue weighted by atomic mass is 16.5. The van der Waals surface area contributed by atoms with Gasteiger partial charge in [0.25, 0.3) is 0 Å². The molecule has 0 bridgehead atoms. The van der Waals surface area contributed by atoms with Gasteiger partial charge in [-0.15, -0.1) is 0 Å². The summed E-state index contributed by atoms with van der Waals surface area (Å²) in [5.74, 6) is 0.986. The fourth-order valence-electron chi connectivity index (χ4n) is 2.77. The summed E-state index contributed by atoms with van der Waals surface area (Å²) < 4.78 is 5.46. The van der Waals surface area contributed by atoms with Gasteiger partial charge in [0.15, 0.2) is 0 Å². The van der Waals surface area contributed by atoms with Crippen LogP contribution in [0.4, 0.5) is 0 Å². The third-order valence-corrected chi connectivity index (χ3v) is 3.99. The van der Waals surface area contributed by atoms with Gasteiger partial charge < -0.3 is 10.5 Å². The molecule has 1 atom stereocenters. The first-order chi connectivity index (χ1) is 9.26. The smallest absolute Gasteiger partial charge is 0.123 e. The maximum atomic E-state index is 5.61. The van der Waals surface area contributed by atoms with E-state index in [4.69, 9.17) is 10.5 Å². The molecule has 0 spiro atoms. The highest BCUT2D eigenvalue weighted by Crippen LogP contribution is 2.29. The molecule has 0 aromatic heterocycles. The summed E-state index contributed by atoms with van der Waals surface area (Å²) in [4.78, 5) is 4.95. The van der Waals surface area contributed by atoms with E-state index in [1.807, 2.05) is 12.1 Å². The first kappa shape index (κ1) is 14.3. The van der Waals surface area contributed by atoms with Crippen molar-refractivity contribution < 1.29 is 4.74 Å². The predicted molar refractivity (Wildman–Crippen MR) is 78.5 cm³/mol. The van der Waals surface area contributed by atoms with E-state index >= 15 is 0 Å². The molecular weight excluding hydrogens is 238 g/mol. The number of benzene rings is 1. The van der Waals surface area contributed by atoms with Crippen LogP contribution in [0.15, 0.2) is 24.3 Å². The van der Waals surface area contributed by atoms with E-state index in [0.29, 0.717) is 6.04 Å². The van der Waals surface area contributed by atoms with Gasteiger partial charge in [0.05, 0.1) is 7.11 Å². The molecular formula is C15H25N3O. The average molecular weight is 263 g/mol. The molecule has 1 aliphatic rings. The number of hydrogen-bond donors (Lipinski definition) is 1. The molecule has 1 saturated heterocycles. The first-order valence-electron chi connectivity index (χ1n) is 7.05. The molecule has 1 unspecified atom stereocenters. The Kier molecular flexibility index (Phi) is 5.19. The normalized spacial score (nSPS) is 19.3. The van der Waals surface area contributed by atoms with Crippen molar-refractivity contribution in [2.45, 2.75) is 13.0 Å². The summed E-state index contributed by atoms with van der Waals surface area (Å²) >= 11 is 0. The lowest BCUT2D eigenvalue weighted by atomic mass is 10.0. The van der Waals surface area contributed by atoms with Gasteiger partial charge in [-0.25, -0.2) is 0 Å².